The minimum absolute atomic E-state index is 0.0903. The highest BCUT2D eigenvalue weighted by Crippen LogP contribution is 2.32. The molecule has 0 saturated carbocycles. The summed E-state index contributed by atoms with van der Waals surface area (Å²) in [7, 11) is 0. The molecule has 3 rings (SSSR count). The van der Waals surface area contributed by atoms with Gasteiger partial charge in [0.25, 0.3) is 0 Å². The van der Waals surface area contributed by atoms with Crippen LogP contribution in [0.2, 0.25) is 0 Å². The Morgan fingerprint density at radius 1 is 1.23 bits per heavy atom. The number of urea groups is 1. The molecule has 2 amide bonds. The summed E-state index contributed by atoms with van der Waals surface area (Å²) in [4.78, 5) is 17.0. The number of ether oxygens (including phenoxy) is 1. The SMILES string of the molecule is CC(C)(OCCc1cn2ncc(CN3CC(C(F)(F)F)NC3=O)cc2n1)C(F)(F)F. The molecule has 166 valence electrons. The zero-order chi connectivity index (χ0) is 22.3. The number of rotatable bonds is 6. The normalized spacial score (nSPS) is 18.3. The maximum atomic E-state index is 12.8. The molecule has 7 nitrogen and oxygen atoms in total. The monoisotopic (exact) mass is 439 g/mol. The van der Waals surface area contributed by atoms with Crippen molar-refractivity contribution in [3.05, 3.63) is 29.7 Å². The number of hydrogen-bond donors (Lipinski definition) is 1. The first kappa shape index (κ1) is 22.1. The average Bonchev–Trinajstić information content (AvgIpc) is 3.16. The number of halogens is 6. The zero-order valence-electron chi connectivity index (χ0n) is 16.0. The molecule has 2 aromatic heterocycles. The number of nitrogens with zero attached hydrogens (tertiary/aromatic N) is 4. The summed E-state index contributed by atoms with van der Waals surface area (Å²) in [5.41, 5.74) is -1.03. The number of aromatic nitrogens is 3. The van der Waals surface area contributed by atoms with Gasteiger partial charge in [-0.25, -0.2) is 14.3 Å². The van der Waals surface area contributed by atoms with Crippen molar-refractivity contribution in [2.75, 3.05) is 13.2 Å². The lowest BCUT2D eigenvalue weighted by atomic mass is 10.1. The van der Waals surface area contributed by atoms with E-state index in [9.17, 15) is 31.1 Å². The van der Waals surface area contributed by atoms with Crippen LogP contribution in [0, 0.1) is 0 Å². The van der Waals surface area contributed by atoms with Gasteiger partial charge in [-0.3, -0.25) is 0 Å². The molecular formula is C17H19F6N5O2. The van der Waals surface area contributed by atoms with Crippen molar-refractivity contribution in [2.45, 2.75) is 50.8 Å². The minimum atomic E-state index is -4.53. The molecule has 2 aromatic rings. The lowest BCUT2D eigenvalue weighted by molar-refractivity contribution is -0.263. The first-order valence-electron chi connectivity index (χ1n) is 8.92. The van der Waals surface area contributed by atoms with Crippen LogP contribution in [0.5, 0.6) is 0 Å². The molecule has 0 bridgehead atoms. The molecule has 3 heterocycles. The van der Waals surface area contributed by atoms with Gasteiger partial charge >= 0.3 is 18.4 Å². The summed E-state index contributed by atoms with van der Waals surface area (Å²) >= 11 is 0. The number of imidazole rings is 1. The van der Waals surface area contributed by atoms with E-state index in [1.165, 1.54) is 16.9 Å². The molecule has 13 heteroatoms. The Balaban J connectivity index is 1.63. The predicted molar refractivity (Wildman–Crippen MR) is 91.6 cm³/mol. The van der Waals surface area contributed by atoms with Crippen LogP contribution in [0.4, 0.5) is 31.1 Å². The van der Waals surface area contributed by atoms with Crippen LogP contribution in [0.25, 0.3) is 5.65 Å². The highest BCUT2D eigenvalue weighted by Gasteiger charge is 2.48. The molecule has 1 N–H and O–H groups in total. The molecule has 1 atom stereocenters. The predicted octanol–water partition coefficient (Wildman–Crippen LogP) is 3.09. The molecule has 0 aromatic carbocycles. The summed E-state index contributed by atoms with van der Waals surface area (Å²) in [5.74, 6) is 0. The molecule has 30 heavy (non-hydrogen) atoms. The lowest BCUT2D eigenvalue weighted by Gasteiger charge is -2.27. The Kier molecular flexibility index (Phi) is 5.60. The van der Waals surface area contributed by atoms with E-state index in [1.807, 2.05) is 5.32 Å². The minimum Gasteiger partial charge on any atom is -0.366 e. The first-order valence-corrected chi connectivity index (χ1v) is 8.92. The smallest absolute Gasteiger partial charge is 0.366 e. The third kappa shape index (κ3) is 4.77. The maximum Gasteiger partial charge on any atom is 0.416 e. The van der Waals surface area contributed by atoms with Crippen LogP contribution in [-0.2, 0) is 17.7 Å². The van der Waals surface area contributed by atoms with Crippen LogP contribution >= 0.6 is 0 Å². The summed E-state index contributed by atoms with van der Waals surface area (Å²) in [6, 6.07) is -1.21. The number of nitrogens with one attached hydrogen (secondary N) is 1. The number of carbonyl (C=O) groups excluding carboxylic acids is 1. The number of carbonyl (C=O) groups is 1. The molecule has 1 unspecified atom stereocenters. The topological polar surface area (TPSA) is 71.8 Å². The number of alkyl halides is 6. The van der Waals surface area contributed by atoms with Crippen molar-refractivity contribution in [2.24, 2.45) is 0 Å². The van der Waals surface area contributed by atoms with Gasteiger partial charge in [0.1, 0.15) is 6.04 Å². The highest BCUT2D eigenvalue weighted by molar-refractivity contribution is 5.77. The quantitative estimate of drug-likeness (QED) is 0.703. The fourth-order valence-electron chi connectivity index (χ4n) is 2.80. The highest BCUT2D eigenvalue weighted by atomic mass is 19.4. The average molecular weight is 439 g/mol. The second-order valence-electron chi connectivity index (χ2n) is 7.43. The Morgan fingerprint density at radius 3 is 2.53 bits per heavy atom. The van der Waals surface area contributed by atoms with E-state index in [0.717, 1.165) is 18.7 Å². The molecule has 0 spiro atoms. The van der Waals surface area contributed by atoms with Crippen molar-refractivity contribution in [3.8, 4) is 0 Å². The van der Waals surface area contributed by atoms with Gasteiger partial charge < -0.3 is 15.0 Å². The van der Waals surface area contributed by atoms with Crippen LogP contribution in [-0.4, -0.2) is 62.7 Å². The van der Waals surface area contributed by atoms with E-state index in [4.69, 9.17) is 4.74 Å². The van der Waals surface area contributed by atoms with Gasteiger partial charge in [-0.15, -0.1) is 0 Å². The Morgan fingerprint density at radius 2 is 1.93 bits per heavy atom. The van der Waals surface area contributed by atoms with Crippen LogP contribution in [0.15, 0.2) is 18.5 Å². The summed E-state index contributed by atoms with van der Waals surface area (Å²) in [6.07, 6.45) is -6.02. The standard InChI is InChI=1S/C17H19F6N5O2/c1-15(2,17(21,22)23)30-4-3-11-8-28-13(25-11)5-10(6-24-28)7-27-9-12(16(18,19)20)26-14(27)29/h5-6,8,12H,3-4,7,9H2,1-2H3,(H,26,29). The summed E-state index contributed by atoms with van der Waals surface area (Å²) < 4.78 is 83.0. The Hall–Kier alpha value is -2.57. The van der Waals surface area contributed by atoms with Gasteiger partial charge in [0.2, 0.25) is 0 Å². The van der Waals surface area contributed by atoms with E-state index in [0.29, 0.717) is 16.9 Å². The van der Waals surface area contributed by atoms with Crippen molar-refractivity contribution < 1.29 is 35.9 Å². The molecule has 1 saturated heterocycles. The summed E-state index contributed by atoms with van der Waals surface area (Å²) in [5, 5.41) is 5.96. The molecule has 1 aliphatic rings. The summed E-state index contributed by atoms with van der Waals surface area (Å²) in [6.45, 7) is 1.05. The zero-order valence-corrected chi connectivity index (χ0v) is 16.0. The molecule has 1 aliphatic heterocycles. The van der Waals surface area contributed by atoms with E-state index >= 15 is 0 Å². The van der Waals surface area contributed by atoms with Crippen LogP contribution in [0.1, 0.15) is 25.1 Å². The molecule has 1 fully saturated rings. The van der Waals surface area contributed by atoms with E-state index in [1.54, 1.807) is 6.07 Å². The fraction of sp³-hybridized carbons (Fsp3) is 0.588. The Labute approximate surface area is 167 Å². The third-order valence-corrected chi connectivity index (χ3v) is 4.69. The van der Waals surface area contributed by atoms with E-state index in [2.05, 4.69) is 10.1 Å². The van der Waals surface area contributed by atoms with Gasteiger partial charge in [0.05, 0.1) is 31.2 Å². The Bertz CT molecular complexity index is 923. The van der Waals surface area contributed by atoms with Crippen LogP contribution in [0.3, 0.4) is 0 Å². The largest absolute Gasteiger partial charge is 0.416 e. The molecule has 0 radical (unpaired) electrons. The van der Waals surface area contributed by atoms with Gasteiger partial charge in [0, 0.05) is 13.0 Å². The number of hydrogen-bond acceptors (Lipinski definition) is 4. The van der Waals surface area contributed by atoms with Crippen LogP contribution < -0.4 is 5.32 Å². The van der Waals surface area contributed by atoms with Gasteiger partial charge in [-0.2, -0.15) is 31.4 Å². The van der Waals surface area contributed by atoms with E-state index in [-0.39, 0.29) is 19.6 Å². The second kappa shape index (κ2) is 7.60. The van der Waals surface area contributed by atoms with Crippen molar-refractivity contribution >= 4 is 11.7 Å². The van der Waals surface area contributed by atoms with Gasteiger partial charge in [-0.1, -0.05) is 0 Å². The van der Waals surface area contributed by atoms with E-state index < -0.39 is 36.6 Å². The van der Waals surface area contributed by atoms with Crippen molar-refractivity contribution in [1.29, 1.82) is 0 Å². The van der Waals surface area contributed by atoms with Gasteiger partial charge in [-0.05, 0) is 25.5 Å². The first-order chi connectivity index (χ1) is 13.8. The molecule has 0 aliphatic carbocycles. The third-order valence-electron chi connectivity index (χ3n) is 4.69. The maximum absolute atomic E-state index is 12.8. The number of fused-ring (bicyclic) bond motifs is 1. The van der Waals surface area contributed by atoms with Crippen molar-refractivity contribution in [1.82, 2.24) is 24.8 Å². The van der Waals surface area contributed by atoms with Crippen molar-refractivity contribution in [3.63, 3.8) is 0 Å². The number of amides is 2. The van der Waals surface area contributed by atoms with Gasteiger partial charge in [0.15, 0.2) is 11.2 Å². The lowest BCUT2D eigenvalue weighted by Crippen LogP contribution is -2.42. The fourth-order valence-corrected chi connectivity index (χ4v) is 2.80. The second-order valence-corrected chi connectivity index (χ2v) is 7.43. The molecular weight excluding hydrogens is 420 g/mol.